The van der Waals surface area contributed by atoms with Gasteiger partial charge in [0.2, 0.25) is 0 Å². The summed E-state index contributed by atoms with van der Waals surface area (Å²) in [5, 5.41) is 8.52. The average Bonchev–Trinajstić information content (AvgIpc) is 1.61. The molecule has 48 valence electrons. The summed E-state index contributed by atoms with van der Waals surface area (Å²) in [6, 6.07) is 0. The molecule has 0 radical (unpaired) electrons. The molecule has 0 aromatic rings. The standard InChI is InChI=1S/C4H9O2.Ag/c1-6-4-2-3-5;/h3,5H,2,4H2,1H3;. The van der Waals surface area contributed by atoms with Crippen LogP contribution < -0.4 is 0 Å². The van der Waals surface area contributed by atoms with Gasteiger partial charge in [0.15, 0.2) is 0 Å². The van der Waals surface area contributed by atoms with E-state index in [9.17, 15) is 0 Å². The van der Waals surface area contributed by atoms with E-state index in [1.165, 1.54) is 0 Å². The van der Waals surface area contributed by atoms with Gasteiger partial charge in [0.25, 0.3) is 0 Å². The zero-order valence-electron chi connectivity index (χ0n) is 4.15. The van der Waals surface area contributed by atoms with E-state index in [1.54, 1.807) is 7.11 Å². The van der Waals surface area contributed by atoms with Crippen LogP contribution in [-0.2, 0) is 25.8 Å². The van der Waals surface area contributed by atoms with Crippen molar-refractivity contribution in [2.75, 3.05) is 13.7 Å². The van der Waals surface area contributed by atoms with Gasteiger partial charge in [0, 0.05) is 0 Å². The van der Waals surface area contributed by atoms with Crippen LogP contribution in [0.2, 0.25) is 0 Å². The average molecular weight is 197 g/mol. The fourth-order valence-electron chi connectivity index (χ4n) is 0.206. The van der Waals surface area contributed by atoms with E-state index >= 15 is 0 Å². The van der Waals surface area contributed by atoms with Crippen molar-refractivity contribution in [1.29, 1.82) is 0 Å². The number of rotatable bonds is 3. The molecule has 0 bridgehead atoms. The van der Waals surface area contributed by atoms with E-state index < -0.39 is 4.32 Å². The molecule has 0 rings (SSSR count). The third kappa shape index (κ3) is 6.66. The van der Waals surface area contributed by atoms with Crippen LogP contribution in [0.25, 0.3) is 0 Å². The number of hydrogen-bond acceptors (Lipinski definition) is 2. The molecule has 0 aromatic carbocycles. The number of ether oxygens (including phenoxy) is 1. The summed E-state index contributed by atoms with van der Waals surface area (Å²) in [6.45, 7) is 0.603. The molecule has 7 heavy (non-hydrogen) atoms. The van der Waals surface area contributed by atoms with Crippen molar-refractivity contribution in [2.45, 2.75) is 10.7 Å². The second-order valence-corrected chi connectivity index (χ2v) is 2.15. The Morgan fingerprint density at radius 2 is 2.43 bits per heavy atom. The van der Waals surface area contributed by atoms with E-state index in [-0.39, 0.29) is 0 Å². The van der Waals surface area contributed by atoms with Gasteiger partial charge in [-0.1, -0.05) is 0 Å². The summed E-state index contributed by atoms with van der Waals surface area (Å²) in [7, 11) is 1.61. The fraction of sp³-hybridized carbons (Fsp3) is 1.00. The molecule has 0 fully saturated rings. The van der Waals surface area contributed by atoms with E-state index in [1.807, 2.05) is 0 Å². The van der Waals surface area contributed by atoms with E-state index in [0.29, 0.717) is 13.0 Å². The monoisotopic (exact) mass is 196 g/mol. The van der Waals surface area contributed by atoms with Crippen molar-refractivity contribution in [3.63, 3.8) is 0 Å². The summed E-state index contributed by atoms with van der Waals surface area (Å²) in [4.78, 5) is 0. The molecule has 0 saturated carbocycles. The van der Waals surface area contributed by atoms with Gasteiger partial charge in [0.05, 0.1) is 0 Å². The molecule has 2 nitrogen and oxygen atoms in total. The van der Waals surface area contributed by atoms with Crippen LogP contribution in [0.1, 0.15) is 6.42 Å². The first-order valence-electron chi connectivity index (χ1n) is 2.04. The number of aliphatic hydroxyl groups is 1. The first-order valence-corrected chi connectivity index (χ1v) is 2.89. The molecule has 0 saturated heterocycles. The Morgan fingerprint density at radius 1 is 1.86 bits per heavy atom. The zero-order chi connectivity index (χ0) is 5.70. The van der Waals surface area contributed by atoms with Gasteiger partial charge in [-0.3, -0.25) is 0 Å². The normalized spacial score (nSPS) is 14.3. The van der Waals surface area contributed by atoms with Gasteiger partial charge in [0.1, 0.15) is 0 Å². The quantitative estimate of drug-likeness (QED) is 0.639. The Labute approximate surface area is 55.8 Å². The van der Waals surface area contributed by atoms with Crippen molar-refractivity contribution >= 4 is 0 Å². The molecule has 0 aliphatic rings. The van der Waals surface area contributed by atoms with E-state index in [0.717, 1.165) is 0 Å². The summed E-state index contributed by atoms with van der Waals surface area (Å²) in [6.07, 6.45) is 0.648. The molecular weight excluding hydrogens is 188 g/mol. The SMILES string of the molecule is COCC[CH](O)[Ag]. The third-order valence-corrected chi connectivity index (χ3v) is 0.966. The van der Waals surface area contributed by atoms with Crippen LogP contribution in [0.3, 0.4) is 0 Å². The van der Waals surface area contributed by atoms with Crippen LogP contribution in [0.4, 0.5) is 0 Å². The Bertz CT molecular complexity index is 38.7. The zero-order valence-corrected chi connectivity index (χ0v) is 5.63. The maximum atomic E-state index is 8.52. The second kappa shape index (κ2) is 4.81. The van der Waals surface area contributed by atoms with Crippen LogP contribution >= 0.6 is 0 Å². The molecular formula is C4H9AgO2. The Kier molecular flexibility index (Phi) is 5.26. The van der Waals surface area contributed by atoms with E-state index in [4.69, 9.17) is 5.11 Å². The van der Waals surface area contributed by atoms with E-state index in [2.05, 4.69) is 25.8 Å². The fourth-order valence-corrected chi connectivity index (χ4v) is 0.381. The van der Waals surface area contributed by atoms with Gasteiger partial charge >= 0.3 is 55.4 Å². The van der Waals surface area contributed by atoms with Gasteiger partial charge in [-0.15, -0.1) is 0 Å². The third-order valence-electron chi connectivity index (χ3n) is 0.538. The Hall–Kier alpha value is 0.660. The Balaban J connectivity index is 2.68. The van der Waals surface area contributed by atoms with Gasteiger partial charge < -0.3 is 0 Å². The number of methoxy groups -OCH3 is 1. The van der Waals surface area contributed by atoms with Crippen molar-refractivity contribution in [2.24, 2.45) is 0 Å². The molecule has 0 aliphatic carbocycles. The predicted octanol–water partition coefficient (Wildman–Crippen LogP) is -0.112. The molecule has 1 unspecified atom stereocenters. The van der Waals surface area contributed by atoms with Crippen LogP contribution in [-0.4, -0.2) is 23.1 Å². The van der Waals surface area contributed by atoms with Crippen LogP contribution in [0.15, 0.2) is 0 Å². The van der Waals surface area contributed by atoms with Gasteiger partial charge in [-0.25, -0.2) is 0 Å². The van der Waals surface area contributed by atoms with Crippen molar-refractivity contribution in [1.82, 2.24) is 0 Å². The van der Waals surface area contributed by atoms with Gasteiger partial charge in [-0.05, 0) is 0 Å². The van der Waals surface area contributed by atoms with Crippen LogP contribution in [0, 0.1) is 0 Å². The summed E-state index contributed by atoms with van der Waals surface area (Å²) >= 11 is 2.97. The maximum absolute atomic E-state index is 8.52. The topological polar surface area (TPSA) is 29.5 Å². The van der Waals surface area contributed by atoms with Gasteiger partial charge in [-0.2, -0.15) is 0 Å². The molecule has 3 heteroatoms. The first kappa shape index (κ1) is 7.66. The minimum atomic E-state index is -0.412. The van der Waals surface area contributed by atoms with Crippen LogP contribution in [0.5, 0.6) is 0 Å². The van der Waals surface area contributed by atoms with Crippen molar-refractivity contribution in [3.05, 3.63) is 0 Å². The first-order chi connectivity index (χ1) is 3.27. The number of hydrogen-bond donors (Lipinski definition) is 1. The molecule has 0 aliphatic heterocycles. The molecule has 0 heterocycles. The van der Waals surface area contributed by atoms with Crippen molar-refractivity contribution < 1.29 is 30.9 Å². The second-order valence-electron chi connectivity index (χ2n) is 1.16. The minimum absolute atomic E-state index is 0.412. The molecule has 0 spiro atoms. The molecule has 0 amide bonds. The predicted molar refractivity (Wildman–Crippen MR) is 22.5 cm³/mol. The molecule has 1 atom stereocenters. The summed E-state index contributed by atoms with van der Waals surface area (Å²) < 4.78 is 4.25. The summed E-state index contributed by atoms with van der Waals surface area (Å²) in [5.74, 6) is 0. The molecule has 0 aromatic heterocycles. The van der Waals surface area contributed by atoms with Crippen molar-refractivity contribution in [3.8, 4) is 0 Å². The Morgan fingerprint density at radius 3 is 2.57 bits per heavy atom. The summed E-state index contributed by atoms with van der Waals surface area (Å²) in [5.41, 5.74) is 0. The number of aliphatic hydroxyl groups excluding tert-OH is 1. The molecule has 1 N–H and O–H groups in total.